The number of rotatable bonds is 7. The Morgan fingerprint density at radius 1 is 0.938 bits per heavy atom. The highest BCUT2D eigenvalue weighted by Gasteiger charge is 2.48. The van der Waals surface area contributed by atoms with Crippen LogP contribution in [0.5, 0.6) is 0 Å². The minimum absolute atomic E-state index is 0.0344. The van der Waals surface area contributed by atoms with E-state index in [0.29, 0.717) is 37.7 Å². The molecule has 0 aromatic heterocycles. The molecule has 170 valence electrons. The highest BCUT2D eigenvalue weighted by atomic mass is 19.1. The summed E-state index contributed by atoms with van der Waals surface area (Å²) in [6.07, 6.45) is 5.97. The van der Waals surface area contributed by atoms with Crippen LogP contribution in [0.25, 0.3) is 11.1 Å². The lowest BCUT2D eigenvalue weighted by molar-refractivity contribution is -0.141. The van der Waals surface area contributed by atoms with Crippen LogP contribution in [0.3, 0.4) is 0 Å². The van der Waals surface area contributed by atoms with E-state index in [0.717, 1.165) is 23.1 Å². The SMILES string of the molecule is CCC(C)(C(=O)C1CCC=C(C(=O)c2ccc(-c3ccccc3)cc2)CCC1)C(C)(C)F. The van der Waals surface area contributed by atoms with Crippen LogP contribution >= 0.6 is 0 Å². The van der Waals surface area contributed by atoms with Crippen molar-refractivity contribution < 1.29 is 14.0 Å². The minimum atomic E-state index is -1.55. The molecule has 0 fully saturated rings. The Bertz CT molecular complexity index is 966. The van der Waals surface area contributed by atoms with Crippen LogP contribution in [-0.2, 0) is 4.79 Å². The summed E-state index contributed by atoms with van der Waals surface area (Å²) in [5, 5.41) is 0. The number of alkyl halides is 1. The molecule has 2 unspecified atom stereocenters. The summed E-state index contributed by atoms with van der Waals surface area (Å²) < 4.78 is 14.8. The lowest BCUT2D eigenvalue weighted by Crippen LogP contribution is -2.46. The largest absolute Gasteiger partial charge is 0.299 e. The van der Waals surface area contributed by atoms with Crippen LogP contribution in [0.2, 0.25) is 0 Å². The molecule has 1 aliphatic rings. The van der Waals surface area contributed by atoms with Gasteiger partial charge in [0.15, 0.2) is 5.78 Å². The van der Waals surface area contributed by atoms with E-state index < -0.39 is 11.1 Å². The molecule has 0 saturated carbocycles. The molecule has 32 heavy (non-hydrogen) atoms. The average molecular weight is 435 g/mol. The smallest absolute Gasteiger partial charge is 0.188 e. The van der Waals surface area contributed by atoms with Crippen molar-refractivity contribution in [1.29, 1.82) is 0 Å². The number of halogens is 1. The van der Waals surface area contributed by atoms with Gasteiger partial charge in [-0.2, -0.15) is 0 Å². The van der Waals surface area contributed by atoms with Crippen LogP contribution in [0, 0.1) is 11.3 Å². The quantitative estimate of drug-likeness (QED) is 0.417. The van der Waals surface area contributed by atoms with Crippen LogP contribution in [0.1, 0.15) is 76.6 Å². The van der Waals surface area contributed by atoms with Crippen molar-refractivity contribution in [3.63, 3.8) is 0 Å². The Labute approximate surface area is 191 Å². The van der Waals surface area contributed by atoms with Crippen LogP contribution in [-0.4, -0.2) is 17.2 Å². The maximum atomic E-state index is 14.8. The van der Waals surface area contributed by atoms with Gasteiger partial charge < -0.3 is 0 Å². The predicted molar refractivity (Wildman–Crippen MR) is 129 cm³/mol. The molecule has 1 aliphatic carbocycles. The molecule has 0 heterocycles. The Morgan fingerprint density at radius 3 is 2.16 bits per heavy atom. The van der Waals surface area contributed by atoms with E-state index in [9.17, 15) is 14.0 Å². The fourth-order valence-corrected chi connectivity index (χ4v) is 4.68. The summed E-state index contributed by atoms with van der Waals surface area (Å²) in [6.45, 7) is 6.67. The van der Waals surface area contributed by atoms with Crippen molar-refractivity contribution in [1.82, 2.24) is 0 Å². The maximum Gasteiger partial charge on any atom is 0.188 e. The van der Waals surface area contributed by atoms with Crippen molar-refractivity contribution in [2.24, 2.45) is 11.3 Å². The number of ketones is 2. The molecular formula is C29H35FO2. The van der Waals surface area contributed by atoms with Crippen LogP contribution in [0.15, 0.2) is 66.2 Å². The molecule has 2 atom stereocenters. The van der Waals surface area contributed by atoms with Gasteiger partial charge in [0.1, 0.15) is 11.5 Å². The Hall–Kier alpha value is -2.55. The van der Waals surface area contributed by atoms with Gasteiger partial charge in [-0.15, -0.1) is 0 Å². The number of allylic oxidation sites excluding steroid dienone is 2. The number of carbonyl (C=O) groups excluding carboxylic acids is 2. The van der Waals surface area contributed by atoms with Gasteiger partial charge in [-0.05, 0) is 76.0 Å². The fourth-order valence-electron chi connectivity index (χ4n) is 4.68. The zero-order valence-electron chi connectivity index (χ0n) is 19.8. The molecule has 2 aromatic carbocycles. The number of hydrogen-bond donors (Lipinski definition) is 0. The van der Waals surface area contributed by atoms with E-state index >= 15 is 0 Å². The van der Waals surface area contributed by atoms with Gasteiger partial charge in [-0.25, -0.2) is 4.39 Å². The summed E-state index contributed by atoms with van der Waals surface area (Å²) in [7, 11) is 0. The van der Waals surface area contributed by atoms with E-state index in [1.54, 1.807) is 6.92 Å². The van der Waals surface area contributed by atoms with Crippen molar-refractivity contribution in [3.05, 3.63) is 71.8 Å². The molecule has 2 nitrogen and oxygen atoms in total. The summed E-state index contributed by atoms with van der Waals surface area (Å²) in [4.78, 5) is 26.3. The Balaban J connectivity index is 1.69. The Kier molecular flexibility index (Phi) is 7.48. The number of benzene rings is 2. The Morgan fingerprint density at radius 2 is 1.56 bits per heavy atom. The summed E-state index contributed by atoms with van der Waals surface area (Å²) in [5.74, 6) is -0.0436. The third-order valence-corrected chi connectivity index (χ3v) is 7.38. The zero-order valence-corrected chi connectivity index (χ0v) is 19.8. The minimum Gasteiger partial charge on any atom is -0.299 e. The normalized spacial score (nSPS) is 19.3. The first-order valence-corrected chi connectivity index (χ1v) is 11.8. The van der Waals surface area contributed by atoms with Gasteiger partial charge >= 0.3 is 0 Å². The van der Waals surface area contributed by atoms with Gasteiger partial charge in [0.05, 0.1) is 5.41 Å². The third-order valence-electron chi connectivity index (χ3n) is 7.38. The fraction of sp³-hybridized carbons (Fsp3) is 0.448. The highest BCUT2D eigenvalue weighted by Crippen LogP contribution is 2.42. The van der Waals surface area contributed by atoms with Crippen molar-refractivity contribution in [2.45, 2.75) is 71.9 Å². The molecule has 0 aliphatic heterocycles. The average Bonchev–Trinajstić information content (AvgIpc) is 2.77. The van der Waals surface area contributed by atoms with Crippen LogP contribution in [0.4, 0.5) is 4.39 Å². The first kappa shape index (κ1) is 24.1. The number of carbonyl (C=O) groups is 2. The van der Waals surface area contributed by atoms with Crippen molar-refractivity contribution in [3.8, 4) is 11.1 Å². The van der Waals surface area contributed by atoms with Gasteiger partial charge in [0.25, 0.3) is 0 Å². The lowest BCUT2D eigenvalue weighted by atomic mass is 9.66. The molecular weight excluding hydrogens is 399 g/mol. The molecule has 2 aromatic rings. The molecule has 0 amide bonds. The number of Topliss-reactive ketones (excluding diaryl/α,β-unsaturated/α-hetero) is 2. The third kappa shape index (κ3) is 5.09. The van der Waals surface area contributed by atoms with Gasteiger partial charge in [0.2, 0.25) is 0 Å². The van der Waals surface area contributed by atoms with Gasteiger partial charge in [-0.1, -0.05) is 67.6 Å². The second-order valence-electron chi connectivity index (χ2n) is 9.69. The molecule has 0 bridgehead atoms. The van der Waals surface area contributed by atoms with Crippen molar-refractivity contribution >= 4 is 11.6 Å². The standard InChI is InChI=1S/C29H35FO2/c1-5-29(4,28(2,3)30)27(32)25-15-9-13-23(14-10-16-25)26(31)24-19-17-22(18-20-24)21-11-7-6-8-12-21/h6-8,11-13,17-20,25H,5,9-10,14-16H2,1-4H3. The molecule has 0 saturated heterocycles. The van der Waals surface area contributed by atoms with Crippen molar-refractivity contribution in [2.75, 3.05) is 0 Å². The van der Waals surface area contributed by atoms with E-state index in [1.165, 1.54) is 13.8 Å². The van der Waals surface area contributed by atoms with E-state index in [2.05, 4.69) is 12.1 Å². The molecule has 0 radical (unpaired) electrons. The predicted octanol–water partition coefficient (Wildman–Crippen LogP) is 7.78. The molecule has 0 spiro atoms. The monoisotopic (exact) mass is 434 g/mol. The second kappa shape index (κ2) is 9.94. The summed E-state index contributed by atoms with van der Waals surface area (Å²) in [5.41, 5.74) is 1.21. The first-order valence-electron chi connectivity index (χ1n) is 11.8. The van der Waals surface area contributed by atoms with E-state index in [1.807, 2.05) is 55.5 Å². The number of hydrogen-bond acceptors (Lipinski definition) is 2. The van der Waals surface area contributed by atoms with Gasteiger partial charge in [0, 0.05) is 11.5 Å². The van der Waals surface area contributed by atoms with Gasteiger partial charge in [-0.3, -0.25) is 9.59 Å². The first-order chi connectivity index (χ1) is 15.2. The zero-order chi connectivity index (χ0) is 23.4. The van der Waals surface area contributed by atoms with Crippen LogP contribution < -0.4 is 0 Å². The highest BCUT2D eigenvalue weighted by molar-refractivity contribution is 6.08. The lowest BCUT2D eigenvalue weighted by Gasteiger charge is -2.39. The second-order valence-corrected chi connectivity index (χ2v) is 9.69. The molecule has 3 heteroatoms. The van der Waals surface area contributed by atoms with E-state index in [-0.39, 0.29) is 17.5 Å². The molecule has 3 rings (SSSR count). The van der Waals surface area contributed by atoms with E-state index in [4.69, 9.17) is 0 Å². The molecule has 0 N–H and O–H groups in total. The summed E-state index contributed by atoms with van der Waals surface area (Å²) >= 11 is 0. The maximum absolute atomic E-state index is 14.8. The topological polar surface area (TPSA) is 34.1 Å². The summed E-state index contributed by atoms with van der Waals surface area (Å²) in [6, 6.07) is 17.9.